The average molecular weight is 243 g/mol. The SMILES string of the molecule is CC(C)Cc1nsc(NCC(C)CCO)n1. The van der Waals surface area contributed by atoms with Gasteiger partial charge in [-0.05, 0) is 18.3 Å². The van der Waals surface area contributed by atoms with Crippen LogP contribution in [0.15, 0.2) is 0 Å². The summed E-state index contributed by atoms with van der Waals surface area (Å²) in [6.45, 7) is 7.53. The smallest absolute Gasteiger partial charge is 0.202 e. The summed E-state index contributed by atoms with van der Waals surface area (Å²) in [5.41, 5.74) is 0. The molecule has 2 N–H and O–H groups in total. The van der Waals surface area contributed by atoms with Gasteiger partial charge in [-0.1, -0.05) is 20.8 Å². The van der Waals surface area contributed by atoms with Gasteiger partial charge in [-0.25, -0.2) is 4.98 Å². The van der Waals surface area contributed by atoms with Crippen molar-refractivity contribution >= 4 is 16.7 Å². The molecule has 0 aliphatic carbocycles. The van der Waals surface area contributed by atoms with E-state index in [4.69, 9.17) is 5.11 Å². The normalized spacial score (nSPS) is 13.1. The Morgan fingerprint density at radius 3 is 2.75 bits per heavy atom. The lowest BCUT2D eigenvalue weighted by Crippen LogP contribution is -2.12. The van der Waals surface area contributed by atoms with E-state index >= 15 is 0 Å². The lowest BCUT2D eigenvalue weighted by Gasteiger charge is -2.09. The monoisotopic (exact) mass is 243 g/mol. The minimum Gasteiger partial charge on any atom is -0.396 e. The summed E-state index contributed by atoms with van der Waals surface area (Å²) >= 11 is 1.42. The third-order valence-electron chi connectivity index (χ3n) is 2.28. The Balaban J connectivity index is 2.34. The van der Waals surface area contributed by atoms with Crippen molar-refractivity contribution in [1.29, 1.82) is 0 Å². The summed E-state index contributed by atoms with van der Waals surface area (Å²) in [6.07, 6.45) is 1.76. The fourth-order valence-corrected chi connectivity index (χ4v) is 1.96. The van der Waals surface area contributed by atoms with Crippen LogP contribution >= 0.6 is 11.5 Å². The van der Waals surface area contributed by atoms with Crippen molar-refractivity contribution < 1.29 is 5.11 Å². The molecule has 0 amide bonds. The standard InChI is InChI=1S/C11H21N3OS/c1-8(2)6-10-13-11(16-14-10)12-7-9(3)4-5-15/h8-9,15H,4-7H2,1-3H3,(H,12,13,14). The van der Waals surface area contributed by atoms with Crippen LogP contribution in [0.3, 0.4) is 0 Å². The molecule has 0 fully saturated rings. The van der Waals surface area contributed by atoms with Crippen LogP contribution < -0.4 is 5.32 Å². The first-order valence-electron chi connectivity index (χ1n) is 5.79. The fraction of sp³-hybridized carbons (Fsp3) is 0.818. The minimum atomic E-state index is 0.248. The summed E-state index contributed by atoms with van der Waals surface area (Å²) in [4.78, 5) is 4.42. The predicted octanol–water partition coefficient (Wildman–Crippen LogP) is 2.17. The number of hydrogen-bond acceptors (Lipinski definition) is 5. The van der Waals surface area contributed by atoms with Crippen molar-refractivity contribution in [3.05, 3.63) is 5.82 Å². The average Bonchev–Trinajstić information content (AvgIpc) is 2.62. The van der Waals surface area contributed by atoms with Gasteiger partial charge >= 0.3 is 0 Å². The molecule has 1 atom stereocenters. The van der Waals surface area contributed by atoms with Gasteiger partial charge in [0.2, 0.25) is 5.13 Å². The second kappa shape index (κ2) is 6.81. The number of nitrogens with zero attached hydrogens (tertiary/aromatic N) is 2. The maximum Gasteiger partial charge on any atom is 0.202 e. The van der Waals surface area contributed by atoms with Gasteiger partial charge in [0, 0.05) is 31.1 Å². The van der Waals surface area contributed by atoms with Crippen molar-refractivity contribution in [2.75, 3.05) is 18.5 Å². The molecule has 0 aliphatic rings. The maximum atomic E-state index is 8.78. The molecule has 0 bridgehead atoms. The zero-order valence-electron chi connectivity index (χ0n) is 10.2. The van der Waals surface area contributed by atoms with E-state index in [-0.39, 0.29) is 6.61 Å². The van der Waals surface area contributed by atoms with Gasteiger partial charge in [0.1, 0.15) is 5.82 Å². The number of hydrogen-bond donors (Lipinski definition) is 2. The second-order valence-corrected chi connectivity index (χ2v) is 5.36. The Labute approximate surface area is 101 Å². The molecule has 1 heterocycles. The van der Waals surface area contributed by atoms with Crippen LogP contribution in [0.1, 0.15) is 33.0 Å². The Hall–Kier alpha value is -0.680. The highest BCUT2D eigenvalue weighted by Gasteiger charge is 2.07. The number of rotatable bonds is 7. The molecule has 1 unspecified atom stereocenters. The van der Waals surface area contributed by atoms with E-state index in [1.54, 1.807) is 0 Å². The number of nitrogens with one attached hydrogen (secondary N) is 1. The molecule has 0 saturated heterocycles. The minimum absolute atomic E-state index is 0.248. The van der Waals surface area contributed by atoms with E-state index < -0.39 is 0 Å². The van der Waals surface area contributed by atoms with Crippen LogP contribution in [0.25, 0.3) is 0 Å². The Morgan fingerprint density at radius 1 is 1.38 bits per heavy atom. The van der Waals surface area contributed by atoms with E-state index in [0.29, 0.717) is 11.8 Å². The van der Waals surface area contributed by atoms with Crippen LogP contribution in [-0.2, 0) is 6.42 Å². The molecular formula is C11H21N3OS. The Kier molecular flexibility index (Phi) is 5.69. The van der Waals surface area contributed by atoms with Crippen LogP contribution in [0.2, 0.25) is 0 Å². The fourth-order valence-electron chi connectivity index (χ4n) is 1.36. The first-order valence-corrected chi connectivity index (χ1v) is 6.56. The maximum absolute atomic E-state index is 8.78. The van der Waals surface area contributed by atoms with E-state index in [0.717, 1.165) is 30.3 Å². The molecule has 0 spiro atoms. The molecule has 16 heavy (non-hydrogen) atoms. The van der Waals surface area contributed by atoms with Crippen molar-refractivity contribution in [3.63, 3.8) is 0 Å². The first kappa shape index (κ1) is 13.4. The zero-order chi connectivity index (χ0) is 12.0. The summed E-state index contributed by atoms with van der Waals surface area (Å²) < 4.78 is 4.30. The van der Waals surface area contributed by atoms with Crippen molar-refractivity contribution in [2.24, 2.45) is 11.8 Å². The van der Waals surface area contributed by atoms with Gasteiger partial charge in [0.25, 0.3) is 0 Å². The number of aromatic nitrogens is 2. The number of aliphatic hydroxyl groups excluding tert-OH is 1. The third kappa shape index (κ3) is 4.90. The molecule has 92 valence electrons. The summed E-state index contributed by atoms with van der Waals surface area (Å²) in [5, 5.41) is 12.9. The zero-order valence-corrected chi connectivity index (χ0v) is 11.0. The first-order chi connectivity index (χ1) is 7.61. The molecule has 0 aliphatic heterocycles. The highest BCUT2D eigenvalue weighted by molar-refractivity contribution is 7.09. The second-order valence-electron chi connectivity index (χ2n) is 4.61. The molecule has 4 nitrogen and oxygen atoms in total. The van der Waals surface area contributed by atoms with Gasteiger partial charge < -0.3 is 10.4 Å². The lowest BCUT2D eigenvalue weighted by molar-refractivity contribution is 0.266. The number of anilines is 1. The van der Waals surface area contributed by atoms with Gasteiger partial charge in [0.15, 0.2) is 0 Å². The van der Waals surface area contributed by atoms with Gasteiger partial charge in [-0.3, -0.25) is 0 Å². The molecule has 1 aromatic heterocycles. The largest absolute Gasteiger partial charge is 0.396 e. The summed E-state index contributed by atoms with van der Waals surface area (Å²) in [6, 6.07) is 0. The molecule has 0 saturated carbocycles. The van der Waals surface area contributed by atoms with Crippen LogP contribution in [-0.4, -0.2) is 27.6 Å². The Morgan fingerprint density at radius 2 is 2.12 bits per heavy atom. The van der Waals surface area contributed by atoms with E-state index in [2.05, 4.69) is 35.4 Å². The van der Waals surface area contributed by atoms with Crippen LogP contribution in [0, 0.1) is 11.8 Å². The third-order valence-corrected chi connectivity index (χ3v) is 2.99. The predicted molar refractivity (Wildman–Crippen MR) is 67.8 cm³/mol. The summed E-state index contributed by atoms with van der Waals surface area (Å²) in [5.74, 6) is 1.98. The van der Waals surface area contributed by atoms with Crippen molar-refractivity contribution in [2.45, 2.75) is 33.6 Å². The van der Waals surface area contributed by atoms with Gasteiger partial charge in [-0.15, -0.1) is 0 Å². The van der Waals surface area contributed by atoms with E-state index in [1.807, 2.05) is 0 Å². The Bertz CT molecular complexity index is 301. The molecule has 5 heteroatoms. The molecule has 0 radical (unpaired) electrons. The van der Waals surface area contributed by atoms with Crippen LogP contribution in [0.5, 0.6) is 0 Å². The highest BCUT2D eigenvalue weighted by Crippen LogP contribution is 2.14. The summed E-state index contributed by atoms with van der Waals surface area (Å²) in [7, 11) is 0. The van der Waals surface area contributed by atoms with Gasteiger partial charge in [0.05, 0.1) is 0 Å². The van der Waals surface area contributed by atoms with Gasteiger partial charge in [-0.2, -0.15) is 4.37 Å². The molecule has 0 aromatic carbocycles. The molecular weight excluding hydrogens is 222 g/mol. The molecule has 1 aromatic rings. The van der Waals surface area contributed by atoms with Crippen molar-refractivity contribution in [3.8, 4) is 0 Å². The van der Waals surface area contributed by atoms with E-state index in [1.165, 1.54) is 11.5 Å². The molecule has 1 rings (SSSR count). The highest BCUT2D eigenvalue weighted by atomic mass is 32.1. The number of aliphatic hydroxyl groups is 1. The van der Waals surface area contributed by atoms with Crippen molar-refractivity contribution in [1.82, 2.24) is 9.36 Å². The topological polar surface area (TPSA) is 58.0 Å². The van der Waals surface area contributed by atoms with Crippen LogP contribution in [0.4, 0.5) is 5.13 Å². The van der Waals surface area contributed by atoms with E-state index in [9.17, 15) is 0 Å². The quantitative estimate of drug-likeness (QED) is 0.770. The lowest BCUT2D eigenvalue weighted by atomic mass is 10.1.